The van der Waals surface area contributed by atoms with Crippen molar-refractivity contribution in [3.63, 3.8) is 0 Å². The number of methoxy groups -OCH3 is 1. The molecule has 0 amide bonds. The Hall–Kier alpha value is -1.96. The quantitative estimate of drug-likeness (QED) is 0.370. The van der Waals surface area contributed by atoms with Gasteiger partial charge in [0.25, 0.3) is 0 Å². The van der Waals surface area contributed by atoms with E-state index in [1.54, 1.807) is 0 Å². The fourth-order valence-corrected chi connectivity index (χ4v) is 2.31. The molecule has 1 aliphatic rings. The van der Waals surface area contributed by atoms with Gasteiger partial charge in [-0.05, 0) is 25.1 Å². The summed E-state index contributed by atoms with van der Waals surface area (Å²) in [5.41, 5.74) is 9.15. The number of ether oxygens (including phenoxy) is 1. The number of aromatic nitrogens is 2. The normalized spacial score (nSPS) is 16.2. The Morgan fingerprint density at radius 1 is 1.33 bits per heavy atom. The van der Waals surface area contributed by atoms with E-state index < -0.39 is 0 Å². The van der Waals surface area contributed by atoms with Gasteiger partial charge < -0.3 is 15.4 Å². The molecule has 0 aromatic carbocycles. The van der Waals surface area contributed by atoms with Gasteiger partial charge in [0.15, 0.2) is 10.9 Å². The van der Waals surface area contributed by atoms with Crippen molar-refractivity contribution in [3.05, 3.63) is 18.1 Å². The summed E-state index contributed by atoms with van der Waals surface area (Å²) >= 11 is 5.34. The highest BCUT2D eigenvalue weighted by molar-refractivity contribution is 7.80. The van der Waals surface area contributed by atoms with Gasteiger partial charge in [0.2, 0.25) is 5.88 Å². The van der Waals surface area contributed by atoms with Gasteiger partial charge in [-0.2, -0.15) is 5.10 Å². The number of hydrogen-bond donors (Lipinski definition) is 2. The van der Waals surface area contributed by atoms with E-state index in [0.29, 0.717) is 16.7 Å². The Morgan fingerprint density at radius 2 is 2.05 bits per heavy atom. The lowest BCUT2D eigenvalue weighted by Crippen LogP contribution is -2.39. The van der Waals surface area contributed by atoms with Gasteiger partial charge in [-0.15, -0.1) is 0 Å². The van der Waals surface area contributed by atoms with Crippen LogP contribution in [0.5, 0.6) is 5.88 Å². The van der Waals surface area contributed by atoms with Crippen LogP contribution in [0, 0.1) is 0 Å². The van der Waals surface area contributed by atoms with Crippen molar-refractivity contribution in [1.82, 2.24) is 20.3 Å². The average Bonchev–Trinajstić information content (AvgIpc) is 2.81. The molecule has 1 aromatic heterocycles. The fourth-order valence-electron chi connectivity index (χ4n) is 2.08. The Morgan fingerprint density at radius 3 is 2.71 bits per heavy atom. The maximum absolute atomic E-state index is 5.88. The van der Waals surface area contributed by atoms with Crippen LogP contribution in [0.3, 0.4) is 0 Å². The Balaban J connectivity index is 1.96. The molecule has 2 rings (SSSR count). The second-order valence-corrected chi connectivity index (χ2v) is 5.15. The first kappa shape index (κ1) is 15.4. The number of hydrogen-bond acceptors (Lipinski definition) is 5. The van der Waals surface area contributed by atoms with Crippen LogP contribution in [-0.2, 0) is 0 Å². The van der Waals surface area contributed by atoms with Crippen LogP contribution in [0.4, 0.5) is 0 Å². The minimum Gasteiger partial charge on any atom is -0.480 e. The predicted octanol–water partition coefficient (Wildman–Crippen LogP) is 0.856. The lowest BCUT2D eigenvalue weighted by Gasteiger charge is -2.22. The predicted molar refractivity (Wildman–Crippen MR) is 85.1 cm³/mol. The molecule has 1 saturated heterocycles. The van der Waals surface area contributed by atoms with E-state index in [0.717, 1.165) is 25.9 Å². The lowest BCUT2D eigenvalue weighted by molar-refractivity contribution is 0.395. The van der Waals surface area contributed by atoms with Crippen LogP contribution >= 0.6 is 12.2 Å². The molecule has 0 atom stereocenters. The maximum Gasteiger partial charge on any atom is 0.232 e. The Kier molecular flexibility index (Phi) is 5.68. The highest BCUT2D eigenvalue weighted by atomic mass is 32.1. The molecule has 8 heteroatoms. The number of thiocarbonyl (C=S) groups is 1. The second kappa shape index (κ2) is 7.72. The van der Waals surface area contributed by atoms with Crippen LogP contribution in [0.25, 0.3) is 0 Å². The molecule has 3 N–H and O–H groups in total. The number of nitrogens with zero attached hydrogens (tertiary/aromatic N) is 4. The third-order valence-electron chi connectivity index (χ3n) is 3.25. The number of likely N-dealkylation sites (tertiary alicyclic amines) is 1. The fraction of sp³-hybridized carbons (Fsp3) is 0.538. The molecule has 0 unspecified atom stereocenters. The zero-order chi connectivity index (χ0) is 15.1. The zero-order valence-electron chi connectivity index (χ0n) is 12.1. The summed E-state index contributed by atoms with van der Waals surface area (Å²) in [5.74, 6) is 0.610. The molecule has 1 aromatic rings. The van der Waals surface area contributed by atoms with E-state index in [1.807, 2.05) is 0 Å². The van der Waals surface area contributed by atoms with Gasteiger partial charge in [0.05, 0.1) is 19.5 Å². The van der Waals surface area contributed by atoms with Crippen molar-refractivity contribution < 1.29 is 4.74 Å². The zero-order valence-corrected chi connectivity index (χ0v) is 12.9. The first-order chi connectivity index (χ1) is 10.2. The molecule has 0 spiro atoms. The molecule has 21 heavy (non-hydrogen) atoms. The van der Waals surface area contributed by atoms with Gasteiger partial charge in [-0.1, -0.05) is 12.8 Å². The van der Waals surface area contributed by atoms with E-state index in [9.17, 15) is 0 Å². The Bertz CT molecular complexity index is 513. The smallest absolute Gasteiger partial charge is 0.232 e. The van der Waals surface area contributed by atoms with Gasteiger partial charge in [-0.25, -0.2) is 4.98 Å². The standard InChI is InChI=1S/C13H20N6OS/c1-20-11-9-15-8-10(16-11)12(14)17-18-13(21)19-6-4-2-3-5-7-19/h8-9H,2-7H2,1H3,(H2,14,17)(H,18,21). The van der Waals surface area contributed by atoms with E-state index in [1.165, 1.54) is 32.3 Å². The minimum atomic E-state index is 0.221. The summed E-state index contributed by atoms with van der Waals surface area (Å²) in [5, 5.41) is 4.67. The molecule has 0 saturated carbocycles. The molecule has 1 fully saturated rings. The van der Waals surface area contributed by atoms with Crippen molar-refractivity contribution in [2.24, 2.45) is 10.8 Å². The summed E-state index contributed by atoms with van der Waals surface area (Å²) in [6.45, 7) is 1.92. The highest BCUT2D eigenvalue weighted by Crippen LogP contribution is 2.09. The summed E-state index contributed by atoms with van der Waals surface area (Å²) in [7, 11) is 1.52. The van der Waals surface area contributed by atoms with Gasteiger partial charge in [0.1, 0.15) is 5.69 Å². The molecular weight excluding hydrogens is 288 g/mol. The number of nitrogens with one attached hydrogen (secondary N) is 1. The molecule has 1 aliphatic heterocycles. The topological polar surface area (TPSA) is 88.7 Å². The molecule has 0 radical (unpaired) electrons. The van der Waals surface area contributed by atoms with Crippen molar-refractivity contribution in [3.8, 4) is 5.88 Å². The van der Waals surface area contributed by atoms with Crippen LogP contribution in [0.2, 0.25) is 0 Å². The summed E-state index contributed by atoms with van der Waals surface area (Å²) < 4.78 is 5.00. The molecule has 114 valence electrons. The number of amidine groups is 1. The van der Waals surface area contributed by atoms with E-state index in [-0.39, 0.29) is 5.84 Å². The number of hydrazone groups is 1. The summed E-state index contributed by atoms with van der Waals surface area (Å²) in [6, 6.07) is 0. The molecule has 0 bridgehead atoms. The monoisotopic (exact) mass is 308 g/mol. The largest absolute Gasteiger partial charge is 0.480 e. The average molecular weight is 308 g/mol. The SMILES string of the molecule is COc1cncc(/C(N)=N/NC(=S)N2CCCCCC2)n1. The van der Waals surface area contributed by atoms with Crippen LogP contribution < -0.4 is 15.9 Å². The number of rotatable bonds is 3. The van der Waals surface area contributed by atoms with Gasteiger partial charge in [-0.3, -0.25) is 10.4 Å². The Labute approximate surface area is 129 Å². The van der Waals surface area contributed by atoms with E-state index in [2.05, 4.69) is 25.4 Å². The molecule has 2 heterocycles. The van der Waals surface area contributed by atoms with E-state index >= 15 is 0 Å². The third-order valence-corrected chi connectivity index (χ3v) is 3.60. The van der Waals surface area contributed by atoms with Crippen LogP contribution in [-0.4, -0.2) is 46.0 Å². The van der Waals surface area contributed by atoms with Crippen molar-refractivity contribution in [2.75, 3.05) is 20.2 Å². The second-order valence-electron chi connectivity index (χ2n) is 4.76. The van der Waals surface area contributed by atoms with Crippen molar-refractivity contribution in [2.45, 2.75) is 25.7 Å². The first-order valence-corrected chi connectivity index (χ1v) is 7.36. The number of nitrogens with two attached hydrogens (primary N) is 1. The van der Waals surface area contributed by atoms with Gasteiger partial charge >= 0.3 is 0 Å². The van der Waals surface area contributed by atoms with Crippen LogP contribution in [0.15, 0.2) is 17.5 Å². The highest BCUT2D eigenvalue weighted by Gasteiger charge is 2.12. The molecular formula is C13H20N6OS. The first-order valence-electron chi connectivity index (χ1n) is 6.95. The van der Waals surface area contributed by atoms with E-state index in [4.69, 9.17) is 22.7 Å². The maximum atomic E-state index is 5.88. The summed E-state index contributed by atoms with van der Waals surface area (Å²) in [6.07, 6.45) is 7.85. The van der Waals surface area contributed by atoms with Gasteiger partial charge in [0, 0.05) is 13.1 Å². The van der Waals surface area contributed by atoms with Crippen molar-refractivity contribution >= 4 is 23.2 Å². The molecule has 0 aliphatic carbocycles. The third kappa shape index (κ3) is 4.52. The van der Waals surface area contributed by atoms with Crippen LogP contribution in [0.1, 0.15) is 31.4 Å². The summed E-state index contributed by atoms with van der Waals surface area (Å²) in [4.78, 5) is 10.3. The molecule has 7 nitrogen and oxygen atoms in total. The van der Waals surface area contributed by atoms with Crippen molar-refractivity contribution in [1.29, 1.82) is 0 Å². The lowest BCUT2D eigenvalue weighted by atomic mass is 10.2. The minimum absolute atomic E-state index is 0.221.